The van der Waals surface area contributed by atoms with E-state index >= 15 is 0 Å². The van der Waals surface area contributed by atoms with E-state index < -0.39 is 0 Å². The molecular formula is C18H29N3O. The number of unbranched alkanes of at least 4 members (excludes halogenated alkanes) is 1. The fraction of sp³-hybridized carbons (Fsp3) is 0.611. The number of hydrogen-bond acceptors (Lipinski definition) is 2. The molecule has 0 unspecified atom stereocenters. The summed E-state index contributed by atoms with van der Waals surface area (Å²) >= 11 is 0. The maximum Gasteiger partial charge on any atom is 0.193 e. The third-order valence-electron chi connectivity index (χ3n) is 3.99. The molecule has 0 saturated carbocycles. The maximum absolute atomic E-state index is 5.70. The van der Waals surface area contributed by atoms with E-state index in [0.717, 1.165) is 58.1 Å². The lowest BCUT2D eigenvalue weighted by Crippen LogP contribution is -2.39. The van der Waals surface area contributed by atoms with Gasteiger partial charge in [0.1, 0.15) is 0 Å². The molecule has 0 radical (unpaired) electrons. The lowest BCUT2D eigenvalue weighted by atomic mass is 10.2. The number of likely N-dealkylation sites (tertiary alicyclic amines) is 1. The first kappa shape index (κ1) is 16.8. The summed E-state index contributed by atoms with van der Waals surface area (Å²) in [5.74, 6) is 1.06. The first-order valence-electron chi connectivity index (χ1n) is 8.47. The molecule has 1 saturated heterocycles. The number of ether oxygens (including phenoxy) is 1. The van der Waals surface area contributed by atoms with Crippen molar-refractivity contribution in [2.45, 2.75) is 32.1 Å². The van der Waals surface area contributed by atoms with Crippen LogP contribution in [0.15, 0.2) is 35.3 Å². The van der Waals surface area contributed by atoms with Gasteiger partial charge in [-0.05, 0) is 37.7 Å². The Morgan fingerprint density at radius 3 is 2.64 bits per heavy atom. The summed E-state index contributed by atoms with van der Waals surface area (Å²) in [7, 11) is 1.87. The Balaban J connectivity index is 1.45. The summed E-state index contributed by atoms with van der Waals surface area (Å²) in [4.78, 5) is 6.69. The van der Waals surface area contributed by atoms with E-state index in [0.29, 0.717) is 0 Å². The van der Waals surface area contributed by atoms with Gasteiger partial charge < -0.3 is 15.0 Å². The van der Waals surface area contributed by atoms with Crippen molar-refractivity contribution in [1.82, 2.24) is 10.2 Å². The number of nitrogens with zero attached hydrogens (tertiary/aromatic N) is 2. The van der Waals surface area contributed by atoms with Crippen molar-refractivity contribution in [3.05, 3.63) is 35.9 Å². The van der Waals surface area contributed by atoms with E-state index in [1.54, 1.807) is 0 Å². The van der Waals surface area contributed by atoms with Crippen LogP contribution in [-0.4, -0.2) is 50.8 Å². The molecule has 22 heavy (non-hydrogen) atoms. The zero-order valence-electron chi connectivity index (χ0n) is 13.8. The molecule has 1 aliphatic rings. The van der Waals surface area contributed by atoms with Gasteiger partial charge >= 0.3 is 0 Å². The average Bonchev–Trinajstić information content (AvgIpc) is 3.09. The SMILES string of the molecule is CN=C(NCCCCOCCc1ccccc1)N1CCCC1. The first-order chi connectivity index (χ1) is 10.9. The molecule has 122 valence electrons. The van der Waals surface area contributed by atoms with Gasteiger partial charge in [-0.2, -0.15) is 0 Å². The second-order valence-corrected chi connectivity index (χ2v) is 5.72. The molecule has 1 aliphatic heterocycles. The van der Waals surface area contributed by atoms with Crippen molar-refractivity contribution >= 4 is 5.96 Å². The second kappa shape index (κ2) is 10.2. The Labute approximate surface area is 134 Å². The normalized spacial score (nSPS) is 15.3. The fourth-order valence-corrected chi connectivity index (χ4v) is 2.73. The highest BCUT2D eigenvalue weighted by molar-refractivity contribution is 5.80. The molecular weight excluding hydrogens is 274 g/mol. The van der Waals surface area contributed by atoms with Crippen LogP contribution in [0, 0.1) is 0 Å². The molecule has 0 atom stereocenters. The third kappa shape index (κ3) is 6.06. The van der Waals surface area contributed by atoms with Gasteiger partial charge in [0, 0.05) is 33.3 Å². The van der Waals surface area contributed by atoms with Gasteiger partial charge in [0.15, 0.2) is 5.96 Å². The van der Waals surface area contributed by atoms with Gasteiger partial charge in [-0.3, -0.25) is 4.99 Å². The molecule has 1 aromatic carbocycles. The first-order valence-corrected chi connectivity index (χ1v) is 8.47. The number of hydrogen-bond donors (Lipinski definition) is 1. The lowest BCUT2D eigenvalue weighted by Gasteiger charge is -2.20. The minimum absolute atomic E-state index is 0.812. The molecule has 0 aromatic heterocycles. The van der Waals surface area contributed by atoms with Crippen LogP contribution in [0.5, 0.6) is 0 Å². The smallest absolute Gasteiger partial charge is 0.193 e. The van der Waals surface area contributed by atoms with Gasteiger partial charge in [0.2, 0.25) is 0 Å². The van der Waals surface area contributed by atoms with Gasteiger partial charge in [-0.25, -0.2) is 0 Å². The summed E-state index contributed by atoms with van der Waals surface area (Å²) in [6.45, 7) is 4.92. The van der Waals surface area contributed by atoms with Crippen molar-refractivity contribution in [1.29, 1.82) is 0 Å². The van der Waals surface area contributed by atoms with Crippen molar-refractivity contribution in [3.63, 3.8) is 0 Å². The molecule has 4 nitrogen and oxygen atoms in total. The average molecular weight is 303 g/mol. The monoisotopic (exact) mass is 303 g/mol. The summed E-state index contributed by atoms with van der Waals surface area (Å²) in [6, 6.07) is 10.5. The Hall–Kier alpha value is -1.55. The van der Waals surface area contributed by atoms with Crippen LogP contribution in [-0.2, 0) is 11.2 Å². The van der Waals surface area contributed by atoms with Crippen LogP contribution in [0.25, 0.3) is 0 Å². The number of rotatable bonds is 8. The molecule has 0 aliphatic carbocycles. The molecule has 2 rings (SSSR count). The molecule has 1 aromatic rings. The van der Waals surface area contributed by atoms with Crippen LogP contribution >= 0.6 is 0 Å². The van der Waals surface area contributed by atoms with Crippen molar-refractivity contribution in [2.24, 2.45) is 4.99 Å². The molecule has 1 N–H and O–H groups in total. The van der Waals surface area contributed by atoms with Crippen LogP contribution in [0.4, 0.5) is 0 Å². The topological polar surface area (TPSA) is 36.9 Å². The van der Waals surface area contributed by atoms with Crippen molar-refractivity contribution in [3.8, 4) is 0 Å². The highest BCUT2D eigenvalue weighted by atomic mass is 16.5. The minimum atomic E-state index is 0.812. The van der Waals surface area contributed by atoms with E-state index in [4.69, 9.17) is 4.74 Å². The van der Waals surface area contributed by atoms with Gasteiger partial charge in [0.25, 0.3) is 0 Å². The number of nitrogens with one attached hydrogen (secondary N) is 1. The predicted octanol–water partition coefficient (Wildman–Crippen LogP) is 2.70. The molecule has 1 fully saturated rings. The van der Waals surface area contributed by atoms with Crippen LogP contribution < -0.4 is 5.32 Å². The number of benzene rings is 1. The molecule has 0 amide bonds. The van der Waals surface area contributed by atoms with Crippen molar-refractivity contribution in [2.75, 3.05) is 39.9 Å². The Morgan fingerprint density at radius 1 is 1.14 bits per heavy atom. The lowest BCUT2D eigenvalue weighted by molar-refractivity contribution is 0.133. The van der Waals surface area contributed by atoms with E-state index in [-0.39, 0.29) is 0 Å². The molecule has 0 spiro atoms. The summed E-state index contributed by atoms with van der Waals surface area (Å²) < 4.78 is 5.70. The summed E-state index contributed by atoms with van der Waals surface area (Å²) in [5, 5.41) is 3.45. The van der Waals surface area contributed by atoms with Gasteiger partial charge in [-0.1, -0.05) is 30.3 Å². The maximum atomic E-state index is 5.70. The largest absolute Gasteiger partial charge is 0.381 e. The minimum Gasteiger partial charge on any atom is -0.381 e. The Kier molecular flexibility index (Phi) is 7.81. The predicted molar refractivity (Wildman–Crippen MR) is 92.4 cm³/mol. The third-order valence-corrected chi connectivity index (χ3v) is 3.99. The molecule has 0 bridgehead atoms. The van der Waals surface area contributed by atoms with Gasteiger partial charge in [0.05, 0.1) is 6.61 Å². The van der Waals surface area contributed by atoms with E-state index in [1.807, 2.05) is 13.1 Å². The fourth-order valence-electron chi connectivity index (χ4n) is 2.73. The standard InChI is InChI=1S/C18H29N3O/c1-19-18(21-13-6-7-14-21)20-12-5-8-15-22-16-11-17-9-3-2-4-10-17/h2-4,9-10H,5-8,11-16H2,1H3,(H,19,20). The molecule has 1 heterocycles. The Bertz CT molecular complexity index is 427. The summed E-state index contributed by atoms with van der Waals surface area (Å²) in [6.07, 6.45) is 5.80. The van der Waals surface area contributed by atoms with Gasteiger partial charge in [-0.15, -0.1) is 0 Å². The van der Waals surface area contributed by atoms with E-state index in [1.165, 1.54) is 18.4 Å². The van der Waals surface area contributed by atoms with E-state index in [2.05, 4.69) is 39.5 Å². The number of guanidine groups is 1. The van der Waals surface area contributed by atoms with Crippen LogP contribution in [0.2, 0.25) is 0 Å². The second-order valence-electron chi connectivity index (χ2n) is 5.72. The highest BCUT2D eigenvalue weighted by Crippen LogP contribution is 2.07. The quantitative estimate of drug-likeness (QED) is 0.456. The van der Waals surface area contributed by atoms with Crippen LogP contribution in [0.1, 0.15) is 31.2 Å². The summed E-state index contributed by atoms with van der Waals surface area (Å²) in [5.41, 5.74) is 1.35. The van der Waals surface area contributed by atoms with Crippen LogP contribution in [0.3, 0.4) is 0 Å². The zero-order chi connectivity index (χ0) is 15.5. The van der Waals surface area contributed by atoms with E-state index in [9.17, 15) is 0 Å². The number of aliphatic imine (C=N–C) groups is 1. The van der Waals surface area contributed by atoms with Crippen molar-refractivity contribution < 1.29 is 4.74 Å². The zero-order valence-corrected chi connectivity index (χ0v) is 13.8. The highest BCUT2D eigenvalue weighted by Gasteiger charge is 2.14. The molecule has 4 heteroatoms. The Morgan fingerprint density at radius 2 is 1.91 bits per heavy atom.